The molecule has 290 valence electrons. The average Bonchev–Trinajstić information content (AvgIpc) is 3.75. The van der Waals surface area contributed by atoms with E-state index >= 15 is 0 Å². The van der Waals surface area contributed by atoms with Crippen molar-refractivity contribution in [3.05, 3.63) is 174 Å². The quantitative estimate of drug-likeness (QED) is 0.122. The van der Waals surface area contributed by atoms with Gasteiger partial charge in [0.25, 0.3) is 0 Å². The number of fused-ring (bicyclic) bond motifs is 7. The topological polar surface area (TPSA) is 87.9 Å². The van der Waals surface area contributed by atoms with E-state index in [-0.39, 0.29) is 18.6 Å². The second-order valence-corrected chi connectivity index (χ2v) is 12.7. The minimum Gasteiger partial charge on any atom is -0.405 e. The minimum absolute atomic E-state index is 0.229. The normalized spacial score (nSPS) is 13.1. The highest BCUT2D eigenvalue weighted by Gasteiger charge is 2.29. The molecule has 0 radical (unpaired) electrons. The SMILES string of the molecule is C/C=C\C=C/N.C1=CCCC=C1.CC.CC.CC(C(c1ccccc1)c1ccccc1)n1c2c(c3ccc4c5ccccc5n(C)c4c31)CCC=C2.NCN. The van der Waals surface area contributed by atoms with Crippen molar-refractivity contribution in [2.24, 2.45) is 24.2 Å². The minimum atomic E-state index is 0.229. The van der Waals surface area contributed by atoms with Crippen LogP contribution in [-0.2, 0) is 13.5 Å². The van der Waals surface area contributed by atoms with E-state index in [2.05, 4.69) is 168 Å². The summed E-state index contributed by atoms with van der Waals surface area (Å²) in [5.41, 5.74) is 23.8. The number of aromatic nitrogens is 2. The summed E-state index contributed by atoms with van der Waals surface area (Å²) in [6.07, 6.45) is 25.0. The molecule has 0 fully saturated rings. The summed E-state index contributed by atoms with van der Waals surface area (Å²) in [5.74, 6) is 0.243. The van der Waals surface area contributed by atoms with Crippen LogP contribution in [0.3, 0.4) is 0 Å². The van der Waals surface area contributed by atoms with Gasteiger partial charge in [0.1, 0.15) is 0 Å². The van der Waals surface area contributed by atoms with Gasteiger partial charge in [-0.2, -0.15) is 0 Å². The summed E-state index contributed by atoms with van der Waals surface area (Å²) in [7, 11) is 2.23. The molecule has 2 aliphatic carbocycles. The zero-order valence-corrected chi connectivity index (χ0v) is 34.3. The van der Waals surface area contributed by atoms with Crippen LogP contribution in [0, 0.1) is 0 Å². The van der Waals surface area contributed by atoms with Crippen LogP contribution in [0.15, 0.2) is 152 Å². The van der Waals surface area contributed by atoms with Crippen molar-refractivity contribution in [2.45, 2.75) is 79.2 Å². The van der Waals surface area contributed by atoms with E-state index in [9.17, 15) is 0 Å². The molecule has 2 aromatic heterocycles. The van der Waals surface area contributed by atoms with Gasteiger partial charge < -0.3 is 26.3 Å². The van der Waals surface area contributed by atoms with Crippen molar-refractivity contribution in [1.82, 2.24) is 9.13 Å². The molecule has 1 atom stereocenters. The second-order valence-electron chi connectivity index (χ2n) is 12.7. The first kappa shape index (κ1) is 44.0. The number of hydrogen-bond donors (Lipinski definition) is 3. The van der Waals surface area contributed by atoms with E-state index in [1.54, 1.807) is 6.08 Å². The third kappa shape index (κ3) is 10.9. The summed E-state index contributed by atoms with van der Waals surface area (Å²) in [6, 6.07) is 35.8. The summed E-state index contributed by atoms with van der Waals surface area (Å²) >= 11 is 0. The van der Waals surface area contributed by atoms with Gasteiger partial charge in [-0.3, -0.25) is 0 Å². The van der Waals surface area contributed by atoms with E-state index in [4.69, 9.17) is 5.73 Å². The van der Waals surface area contributed by atoms with Gasteiger partial charge in [-0.15, -0.1) is 0 Å². The fraction of sp³-hybridized carbons (Fsp3) is 0.280. The average molecular weight is 736 g/mol. The van der Waals surface area contributed by atoms with Crippen molar-refractivity contribution < 1.29 is 0 Å². The van der Waals surface area contributed by atoms with Crippen molar-refractivity contribution in [3.8, 4) is 0 Å². The maximum absolute atomic E-state index is 4.98. The maximum Gasteiger partial charge on any atom is 0.0738 e. The highest BCUT2D eigenvalue weighted by Crippen LogP contribution is 2.44. The van der Waals surface area contributed by atoms with Crippen LogP contribution in [0.4, 0.5) is 0 Å². The molecule has 0 bridgehead atoms. The van der Waals surface area contributed by atoms with E-state index < -0.39 is 0 Å². The summed E-state index contributed by atoms with van der Waals surface area (Å²) in [6.45, 7) is 12.6. The molecule has 8 rings (SSSR count). The lowest BCUT2D eigenvalue weighted by Gasteiger charge is -2.29. The van der Waals surface area contributed by atoms with Crippen LogP contribution < -0.4 is 17.2 Å². The van der Waals surface area contributed by atoms with Crippen LogP contribution in [0.2, 0.25) is 0 Å². The van der Waals surface area contributed by atoms with Crippen molar-refractivity contribution in [2.75, 3.05) is 6.67 Å². The molecule has 2 aliphatic rings. The molecule has 0 aliphatic heterocycles. The predicted molar refractivity (Wildman–Crippen MR) is 244 cm³/mol. The van der Waals surface area contributed by atoms with Gasteiger partial charge in [0.05, 0.1) is 11.0 Å². The van der Waals surface area contributed by atoms with Crippen molar-refractivity contribution >= 4 is 38.8 Å². The molecule has 6 N–H and O–H groups in total. The fourth-order valence-electron chi connectivity index (χ4n) is 7.37. The van der Waals surface area contributed by atoms with Crippen molar-refractivity contribution in [3.63, 3.8) is 0 Å². The molecule has 4 aromatic carbocycles. The Hall–Kier alpha value is -5.36. The molecule has 6 aromatic rings. The smallest absolute Gasteiger partial charge is 0.0738 e. The zero-order chi connectivity index (χ0) is 40.0. The summed E-state index contributed by atoms with van der Waals surface area (Å²) < 4.78 is 5.07. The maximum atomic E-state index is 4.98. The number of allylic oxidation sites excluding steroid dienone is 8. The Morgan fingerprint density at radius 2 is 1.20 bits per heavy atom. The first-order chi connectivity index (χ1) is 27.1. The number of rotatable bonds is 5. The molecule has 0 amide bonds. The molecule has 2 heterocycles. The van der Waals surface area contributed by atoms with Crippen LogP contribution in [0.1, 0.15) is 95.1 Å². The van der Waals surface area contributed by atoms with Crippen LogP contribution in [0.5, 0.6) is 0 Å². The van der Waals surface area contributed by atoms with Gasteiger partial charge in [0, 0.05) is 53.0 Å². The lowest BCUT2D eigenvalue weighted by Crippen LogP contribution is -2.18. The molecule has 0 saturated carbocycles. The molecule has 0 saturated heterocycles. The molecule has 0 spiro atoms. The van der Waals surface area contributed by atoms with Crippen LogP contribution >= 0.6 is 0 Å². The Bertz CT molecular complexity index is 2080. The van der Waals surface area contributed by atoms with Gasteiger partial charge in [-0.05, 0) is 80.6 Å². The molecule has 5 nitrogen and oxygen atoms in total. The van der Waals surface area contributed by atoms with Gasteiger partial charge in [-0.25, -0.2) is 0 Å². The van der Waals surface area contributed by atoms with Crippen LogP contribution in [-0.4, -0.2) is 15.8 Å². The number of benzene rings is 4. The van der Waals surface area contributed by atoms with Crippen LogP contribution in [0.25, 0.3) is 38.8 Å². The van der Waals surface area contributed by atoms with Gasteiger partial charge in [0.2, 0.25) is 0 Å². The Morgan fingerprint density at radius 3 is 1.71 bits per heavy atom. The Kier molecular flexibility index (Phi) is 19.3. The van der Waals surface area contributed by atoms with Gasteiger partial charge in [0.15, 0.2) is 0 Å². The Morgan fingerprint density at radius 1 is 0.655 bits per heavy atom. The first-order valence-corrected chi connectivity index (χ1v) is 20.1. The number of nitrogens with two attached hydrogens (primary N) is 3. The van der Waals surface area contributed by atoms with E-state index in [0.717, 1.165) is 12.8 Å². The van der Waals surface area contributed by atoms with E-state index in [1.807, 2.05) is 46.8 Å². The second kappa shape index (κ2) is 24.1. The largest absolute Gasteiger partial charge is 0.405 e. The molecular formula is C50H65N5. The summed E-state index contributed by atoms with van der Waals surface area (Å²) in [4.78, 5) is 0. The molecular weight excluding hydrogens is 671 g/mol. The Labute approximate surface area is 331 Å². The van der Waals surface area contributed by atoms with Gasteiger partial charge in [-0.1, -0.05) is 161 Å². The predicted octanol–water partition coefficient (Wildman–Crippen LogP) is 12.5. The molecule has 55 heavy (non-hydrogen) atoms. The number of aryl methyl sites for hydroxylation is 2. The number of para-hydroxylation sites is 1. The van der Waals surface area contributed by atoms with E-state index in [0.29, 0.717) is 0 Å². The number of hydrogen-bond acceptors (Lipinski definition) is 3. The molecule has 1 unspecified atom stereocenters. The van der Waals surface area contributed by atoms with E-state index in [1.165, 1.54) is 74.1 Å². The zero-order valence-electron chi connectivity index (χ0n) is 34.3. The lowest BCUT2D eigenvalue weighted by atomic mass is 9.85. The monoisotopic (exact) mass is 736 g/mol. The van der Waals surface area contributed by atoms with Gasteiger partial charge >= 0.3 is 0 Å². The highest BCUT2D eigenvalue weighted by molar-refractivity contribution is 6.18. The third-order valence-electron chi connectivity index (χ3n) is 9.52. The lowest BCUT2D eigenvalue weighted by molar-refractivity contribution is 0.499. The van der Waals surface area contributed by atoms with Crippen molar-refractivity contribution in [1.29, 1.82) is 0 Å². The molecule has 5 heteroatoms. The highest BCUT2D eigenvalue weighted by atomic mass is 15.1. The first-order valence-electron chi connectivity index (χ1n) is 20.1. The number of nitrogens with zero attached hydrogens (tertiary/aromatic N) is 2. The summed E-state index contributed by atoms with van der Waals surface area (Å²) in [5, 5.41) is 4.07. The third-order valence-corrected chi connectivity index (χ3v) is 9.52. The Balaban J connectivity index is 0.000000358. The fourth-order valence-corrected chi connectivity index (χ4v) is 7.37. The standard InChI is InChI=1S/C34H30N2.C6H8.C5H9N.2C2H6.CH6N2/c1-23(32(24-13-5-3-6-14-24)25-15-7-4-8-16-25)36-31-20-12-10-18-27(31)29-22-21-28-26-17-9-11-19-30(26)35(2)33(28)34(29)36;1-2-4-6-5-3-1;1-2-3-4-5-6;2*1-2;2-1-3/h3-9,11-17,19-23,32H,10,18H2,1-2H3;1-4H,5-6H2;2-5H,6H2,1H3;2*1-2H3;1-3H2/b;;3-2-,5-4-;;;.